The lowest BCUT2D eigenvalue weighted by Gasteiger charge is -2.33. The average Bonchev–Trinajstić information content (AvgIpc) is 2.92. The number of ether oxygens (including phenoxy) is 3. The first-order chi connectivity index (χ1) is 17.3. The number of benzene rings is 3. The third kappa shape index (κ3) is 9.63. The van der Waals surface area contributed by atoms with Crippen molar-refractivity contribution >= 4 is 0 Å². The van der Waals surface area contributed by atoms with E-state index in [0.717, 1.165) is 29.7 Å². The van der Waals surface area contributed by atoms with Gasteiger partial charge in [0.25, 0.3) is 0 Å². The molecule has 0 saturated heterocycles. The quantitative estimate of drug-likeness (QED) is 0.191. The van der Waals surface area contributed by atoms with Crippen molar-refractivity contribution in [1.29, 1.82) is 0 Å². The summed E-state index contributed by atoms with van der Waals surface area (Å²) in [5.74, 6) is 0. The van der Waals surface area contributed by atoms with Gasteiger partial charge in [-0.3, -0.25) is 0 Å². The van der Waals surface area contributed by atoms with Gasteiger partial charge in [-0.15, -0.1) is 13.2 Å². The van der Waals surface area contributed by atoms with Gasteiger partial charge >= 0.3 is 0 Å². The van der Waals surface area contributed by atoms with Crippen LogP contribution in [0.15, 0.2) is 116 Å². The Morgan fingerprint density at radius 1 is 0.686 bits per heavy atom. The molecule has 35 heavy (non-hydrogen) atoms. The van der Waals surface area contributed by atoms with Gasteiger partial charge in [-0.1, -0.05) is 103 Å². The Balaban J connectivity index is 1.73. The van der Waals surface area contributed by atoms with Crippen molar-refractivity contribution in [3.05, 3.63) is 133 Å². The molecule has 0 aliphatic heterocycles. The first kappa shape index (κ1) is 26.6. The molecular formula is C31H37NO3. The normalized spacial score (nSPS) is 13.6. The van der Waals surface area contributed by atoms with Crippen LogP contribution < -0.4 is 5.32 Å². The SMILES string of the molecule is C=CCCN[C@H](COCc1ccccc1)[C@@H](OCc1ccccc1)[C@@H](C=C)OCc1ccccc1. The summed E-state index contributed by atoms with van der Waals surface area (Å²) in [6.45, 7) is 10.7. The van der Waals surface area contributed by atoms with Crippen molar-refractivity contribution in [3.63, 3.8) is 0 Å². The number of rotatable bonds is 17. The van der Waals surface area contributed by atoms with E-state index in [4.69, 9.17) is 14.2 Å². The van der Waals surface area contributed by atoms with E-state index in [0.29, 0.717) is 26.4 Å². The fourth-order valence-corrected chi connectivity index (χ4v) is 3.79. The summed E-state index contributed by atoms with van der Waals surface area (Å²) in [4.78, 5) is 0. The molecule has 4 heteroatoms. The first-order valence-corrected chi connectivity index (χ1v) is 12.2. The van der Waals surface area contributed by atoms with Crippen LogP contribution in [0.5, 0.6) is 0 Å². The highest BCUT2D eigenvalue weighted by Crippen LogP contribution is 2.17. The number of hydrogen-bond acceptors (Lipinski definition) is 4. The van der Waals surface area contributed by atoms with Gasteiger partial charge < -0.3 is 19.5 Å². The smallest absolute Gasteiger partial charge is 0.105 e. The van der Waals surface area contributed by atoms with Gasteiger partial charge in [0.2, 0.25) is 0 Å². The van der Waals surface area contributed by atoms with E-state index in [9.17, 15) is 0 Å². The molecule has 0 radical (unpaired) electrons. The summed E-state index contributed by atoms with van der Waals surface area (Å²) in [6, 6.07) is 30.4. The molecule has 0 amide bonds. The lowest BCUT2D eigenvalue weighted by molar-refractivity contribution is -0.0923. The van der Waals surface area contributed by atoms with Gasteiger partial charge in [0.05, 0.1) is 32.5 Å². The van der Waals surface area contributed by atoms with Gasteiger partial charge in [0, 0.05) is 0 Å². The minimum atomic E-state index is -0.319. The maximum absolute atomic E-state index is 6.50. The second-order valence-corrected chi connectivity index (χ2v) is 8.40. The highest BCUT2D eigenvalue weighted by Gasteiger charge is 2.30. The van der Waals surface area contributed by atoms with E-state index in [1.165, 1.54) is 0 Å². The topological polar surface area (TPSA) is 39.7 Å². The number of hydrogen-bond donors (Lipinski definition) is 1. The molecule has 0 aliphatic carbocycles. The van der Waals surface area contributed by atoms with Crippen LogP contribution in [-0.2, 0) is 34.0 Å². The molecule has 0 unspecified atom stereocenters. The standard InChI is InChI=1S/C31H37NO3/c1-3-5-21-32-29(25-33-22-26-15-9-6-10-16-26)31(35-24-28-19-13-8-14-20-28)30(4-2)34-23-27-17-11-7-12-18-27/h3-4,6-20,29-32H,1-2,5,21-25H2/t29-,30-,31-/m1/s1. The molecule has 0 bridgehead atoms. The predicted octanol–water partition coefficient (Wildman–Crippen LogP) is 6.09. The van der Waals surface area contributed by atoms with Gasteiger partial charge in [-0.05, 0) is 29.7 Å². The van der Waals surface area contributed by atoms with Crippen molar-refractivity contribution < 1.29 is 14.2 Å². The third-order valence-corrected chi connectivity index (χ3v) is 5.69. The molecule has 3 aromatic carbocycles. The molecule has 0 saturated carbocycles. The summed E-state index contributed by atoms with van der Waals surface area (Å²) >= 11 is 0. The largest absolute Gasteiger partial charge is 0.375 e. The monoisotopic (exact) mass is 471 g/mol. The van der Waals surface area contributed by atoms with E-state index in [1.54, 1.807) is 0 Å². The van der Waals surface area contributed by atoms with Crippen LogP contribution in [-0.4, -0.2) is 31.4 Å². The van der Waals surface area contributed by atoms with Crippen LogP contribution in [0, 0.1) is 0 Å². The molecule has 1 N–H and O–H groups in total. The van der Waals surface area contributed by atoms with E-state index < -0.39 is 0 Å². The number of nitrogens with one attached hydrogen (secondary N) is 1. The molecule has 0 aliphatic rings. The van der Waals surface area contributed by atoms with Gasteiger partial charge in [0.1, 0.15) is 12.2 Å². The molecule has 3 aromatic rings. The summed E-state index contributed by atoms with van der Waals surface area (Å²) in [5, 5.41) is 3.61. The van der Waals surface area contributed by atoms with Gasteiger partial charge in [0.15, 0.2) is 0 Å². The van der Waals surface area contributed by atoms with Crippen LogP contribution in [0.2, 0.25) is 0 Å². The first-order valence-electron chi connectivity index (χ1n) is 12.2. The van der Waals surface area contributed by atoms with Crippen LogP contribution in [0.4, 0.5) is 0 Å². The minimum Gasteiger partial charge on any atom is -0.375 e. The van der Waals surface area contributed by atoms with E-state index >= 15 is 0 Å². The molecule has 3 rings (SSSR count). The lowest BCUT2D eigenvalue weighted by atomic mass is 10.0. The van der Waals surface area contributed by atoms with Crippen LogP contribution in [0.25, 0.3) is 0 Å². The predicted molar refractivity (Wildman–Crippen MR) is 143 cm³/mol. The van der Waals surface area contributed by atoms with Crippen molar-refractivity contribution in [1.82, 2.24) is 5.32 Å². The Hall–Kier alpha value is -3.02. The minimum absolute atomic E-state index is 0.0962. The van der Waals surface area contributed by atoms with E-state index in [1.807, 2.05) is 66.7 Å². The van der Waals surface area contributed by atoms with Crippen molar-refractivity contribution in [3.8, 4) is 0 Å². The van der Waals surface area contributed by atoms with E-state index in [2.05, 4.69) is 54.9 Å². The summed E-state index contributed by atoms with van der Waals surface area (Å²) in [5.41, 5.74) is 3.36. The maximum atomic E-state index is 6.50. The molecule has 0 spiro atoms. The van der Waals surface area contributed by atoms with E-state index in [-0.39, 0.29) is 18.2 Å². The molecule has 4 nitrogen and oxygen atoms in total. The fourth-order valence-electron chi connectivity index (χ4n) is 3.79. The second-order valence-electron chi connectivity index (χ2n) is 8.40. The van der Waals surface area contributed by atoms with Crippen molar-refractivity contribution in [2.45, 2.75) is 44.5 Å². The zero-order valence-electron chi connectivity index (χ0n) is 20.4. The molecule has 0 heterocycles. The third-order valence-electron chi connectivity index (χ3n) is 5.69. The van der Waals surface area contributed by atoms with Crippen LogP contribution in [0.1, 0.15) is 23.1 Å². The highest BCUT2D eigenvalue weighted by molar-refractivity contribution is 5.15. The molecule has 3 atom stereocenters. The Bertz CT molecular complexity index is 962. The van der Waals surface area contributed by atoms with Crippen LogP contribution >= 0.6 is 0 Å². The van der Waals surface area contributed by atoms with Crippen molar-refractivity contribution in [2.24, 2.45) is 0 Å². The fraction of sp³-hybridized carbons (Fsp3) is 0.290. The second kappa shape index (κ2) is 15.8. The Kier molecular flexibility index (Phi) is 12.0. The summed E-state index contributed by atoms with van der Waals surface area (Å²) < 4.78 is 19.0. The maximum Gasteiger partial charge on any atom is 0.105 e. The Morgan fingerprint density at radius 2 is 1.20 bits per heavy atom. The zero-order valence-corrected chi connectivity index (χ0v) is 20.4. The molecule has 0 aromatic heterocycles. The van der Waals surface area contributed by atoms with Crippen LogP contribution in [0.3, 0.4) is 0 Å². The highest BCUT2D eigenvalue weighted by atomic mass is 16.5. The Labute approximate surface area is 210 Å². The van der Waals surface area contributed by atoms with Gasteiger partial charge in [-0.2, -0.15) is 0 Å². The molecular weight excluding hydrogens is 434 g/mol. The van der Waals surface area contributed by atoms with Gasteiger partial charge in [-0.25, -0.2) is 0 Å². The molecule has 184 valence electrons. The lowest BCUT2D eigenvalue weighted by Crippen LogP contribution is -2.50. The molecule has 0 fully saturated rings. The summed E-state index contributed by atoms with van der Waals surface area (Å²) in [6.07, 6.45) is 3.98. The average molecular weight is 472 g/mol. The summed E-state index contributed by atoms with van der Waals surface area (Å²) in [7, 11) is 0. The van der Waals surface area contributed by atoms with Crippen molar-refractivity contribution in [2.75, 3.05) is 13.2 Å². The zero-order chi connectivity index (χ0) is 24.6. The Morgan fingerprint density at radius 3 is 1.71 bits per heavy atom.